The van der Waals surface area contributed by atoms with E-state index in [0.29, 0.717) is 12.0 Å². The van der Waals surface area contributed by atoms with Crippen LogP contribution in [-0.2, 0) is 0 Å². The third kappa shape index (κ3) is 3.92. The fourth-order valence-corrected chi connectivity index (χ4v) is 8.64. The van der Waals surface area contributed by atoms with Gasteiger partial charge in [-0.05, 0) is 79.9 Å². The predicted octanol–water partition coefficient (Wildman–Crippen LogP) is 11.2. The first-order valence-corrected chi connectivity index (χ1v) is 17.1. The summed E-state index contributed by atoms with van der Waals surface area (Å²) in [5.41, 5.74) is 12.6. The van der Waals surface area contributed by atoms with Gasteiger partial charge in [0.05, 0.1) is 28.2 Å². The van der Waals surface area contributed by atoms with Crippen molar-refractivity contribution in [2.24, 2.45) is 4.99 Å². The third-order valence-corrected chi connectivity index (χ3v) is 10.9. The van der Waals surface area contributed by atoms with Crippen LogP contribution in [0.3, 0.4) is 0 Å². The van der Waals surface area contributed by atoms with Crippen LogP contribution in [0.25, 0.3) is 71.3 Å². The van der Waals surface area contributed by atoms with E-state index in [1.807, 2.05) is 18.3 Å². The lowest BCUT2D eigenvalue weighted by molar-refractivity contribution is -0.714. The van der Waals surface area contributed by atoms with Crippen molar-refractivity contribution in [1.82, 2.24) is 4.40 Å². The average Bonchev–Trinajstić information content (AvgIpc) is 3.78. The van der Waals surface area contributed by atoms with Gasteiger partial charge < -0.3 is 8.82 Å². The fraction of sp³-hybridized carbons (Fsp3) is 0.111. The zero-order valence-electron chi connectivity index (χ0n) is 27.5. The number of aromatic nitrogens is 2. The molecule has 1 aliphatic rings. The number of fused-ring (bicyclic) bond motifs is 13. The second kappa shape index (κ2) is 10.5. The molecule has 4 nitrogen and oxygen atoms in total. The molecule has 10 rings (SSSR count). The highest BCUT2D eigenvalue weighted by Gasteiger charge is 2.35. The highest BCUT2D eigenvalue weighted by molar-refractivity contribution is 6.35. The molecule has 2 atom stereocenters. The van der Waals surface area contributed by atoms with Crippen LogP contribution in [0.1, 0.15) is 42.0 Å². The molecule has 0 bridgehead atoms. The van der Waals surface area contributed by atoms with E-state index in [0.717, 1.165) is 34.2 Å². The number of rotatable bonds is 5. The van der Waals surface area contributed by atoms with Crippen molar-refractivity contribution in [2.75, 3.05) is 0 Å². The molecule has 0 fully saturated rings. The Hall–Kier alpha value is -6.00. The number of nitrogens with zero attached hydrogens (tertiary/aromatic N) is 3. The van der Waals surface area contributed by atoms with E-state index in [4.69, 9.17) is 9.41 Å². The summed E-state index contributed by atoms with van der Waals surface area (Å²) in [7, 11) is 0. The van der Waals surface area contributed by atoms with Crippen molar-refractivity contribution in [3.05, 3.63) is 157 Å². The van der Waals surface area contributed by atoms with Gasteiger partial charge in [-0.1, -0.05) is 67.3 Å². The molecule has 0 radical (unpaired) electrons. The van der Waals surface area contributed by atoms with E-state index < -0.39 is 0 Å². The zero-order valence-corrected chi connectivity index (χ0v) is 27.5. The van der Waals surface area contributed by atoms with Crippen LogP contribution in [-0.4, -0.2) is 10.1 Å². The predicted molar refractivity (Wildman–Crippen MR) is 203 cm³/mol. The first kappa shape index (κ1) is 28.1. The summed E-state index contributed by atoms with van der Waals surface area (Å²) in [5, 5.41) is 7.22. The SMILES string of the molecule is C=C/C(=N/C=C/CC1c2ccccc2-c2cccc[n+]2C1C)c1cc2c3cc4oc5ccccc5c4c4c5ccccc5n(c2cc1C)c34. The number of aliphatic imine (C=N–C) groups is 1. The molecule has 9 aromatic rings. The normalized spacial score (nSPS) is 16.6. The van der Waals surface area contributed by atoms with Crippen LogP contribution >= 0.6 is 0 Å². The van der Waals surface area contributed by atoms with Crippen LogP contribution < -0.4 is 4.57 Å². The first-order valence-electron chi connectivity index (χ1n) is 17.1. The first-order chi connectivity index (χ1) is 24.1. The van der Waals surface area contributed by atoms with Gasteiger partial charge in [0.1, 0.15) is 11.2 Å². The van der Waals surface area contributed by atoms with Gasteiger partial charge >= 0.3 is 0 Å². The number of pyridine rings is 1. The van der Waals surface area contributed by atoms with Gasteiger partial charge in [0.15, 0.2) is 12.2 Å². The van der Waals surface area contributed by atoms with Crippen LogP contribution in [0.5, 0.6) is 0 Å². The molecular weight excluding hydrogens is 599 g/mol. The van der Waals surface area contributed by atoms with Gasteiger partial charge in [0.25, 0.3) is 0 Å². The van der Waals surface area contributed by atoms with E-state index in [1.165, 1.54) is 65.9 Å². The number of para-hydroxylation sites is 2. The van der Waals surface area contributed by atoms with Crippen molar-refractivity contribution < 1.29 is 8.98 Å². The van der Waals surface area contributed by atoms with Gasteiger partial charge in [0.2, 0.25) is 5.69 Å². The second-order valence-corrected chi connectivity index (χ2v) is 13.4. The molecular formula is C45H34N3O+. The minimum absolute atomic E-state index is 0.340. The maximum absolute atomic E-state index is 6.49. The number of aryl methyl sites for hydroxylation is 1. The summed E-state index contributed by atoms with van der Waals surface area (Å²) < 4.78 is 11.3. The van der Waals surface area contributed by atoms with Crippen molar-refractivity contribution in [1.29, 1.82) is 0 Å². The van der Waals surface area contributed by atoms with Crippen LogP contribution in [0.15, 0.2) is 150 Å². The van der Waals surface area contributed by atoms with Crippen LogP contribution in [0.4, 0.5) is 0 Å². The molecule has 0 amide bonds. The van der Waals surface area contributed by atoms with E-state index in [9.17, 15) is 0 Å². The number of furan rings is 1. The quantitative estimate of drug-likeness (QED) is 0.137. The summed E-state index contributed by atoms with van der Waals surface area (Å²) in [6.07, 6.45) is 9.17. The Bertz CT molecular complexity index is 2860. The monoisotopic (exact) mass is 632 g/mol. The molecule has 0 aliphatic carbocycles. The number of hydrogen-bond donors (Lipinski definition) is 0. The topological polar surface area (TPSA) is 33.8 Å². The second-order valence-electron chi connectivity index (χ2n) is 13.4. The van der Waals surface area contributed by atoms with E-state index in [1.54, 1.807) is 0 Å². The van der Waals surface area contributed by atoms with Crippen LogP contribution in [0.2, 0.25) is 0 Å². The molecule has 234 valence electrons. The molecule has 4 heteroatoms. The van der Waals surface area contributed by atoms with E-state index >= 15 is 0 Å². The highest BCUT2D eigenvalue weighted by atomic mass is 16.3. The molecule has 0 spiro atoms. The Balaban J connectivity index is 1.09. The van der Waals surface area contributed by atoms with Gasteiger partial charge in [-0.2, -0.15) is 4.57 Å². The van der Waals surface area contributed by atoms with Gasteiger partial charge in [0, 0.05) is 61.8 Å². The van der Waals surface area contributed by atoms with E-state index in [2.05, 4.69) is 145 Å². The summed E-state index contributed by atoms with van der Waals surface area (Å²) in [6, 6.07) is 39.6. The molecule has 0 saturated carbocycles. The van der Waals surface area contributed by atoms with Crippen molar-refractivity contribution in [2.45, 2.75) is 32.2 Å². The molecule has 5 heterocycles. The average molecular weight is 633 g/mol. The lowest BCUT2D eigenvalue weighted by Gasteiger charge is -2.27. The zero-order chi connectivity index (χ0) is 32.8. The molecule has 4 aromatic heterocycles. The van der Waals surface area contributed by atoms with Crippen molar-refractivity contribution in [3.63, 3.8) is 0 Å². The van der Waals surface area contributed by atoms with Gasteiger partial charge in [-0.3, -0.25) is 4.99 Å². The molecule has 0 N–H and O–H groups in total. The minimum atomic E-state index is 0.340. The van der Waals surface area contributed by atoms with Gasteiger partial charge in [-0.25, -0.2) is 0 Å². The van der Waals surface area contributed by atoms with Crippen LogP contribution in [0, 0.1) is 6.92 Å². The summed E-state index contributed by atoms with van der Waals surface area (Å²) in [4.78, 5) is 5.01. The van der Waals surface area contributed by atoms with Crippen molar-refractivity contribution >= 4 is 65.7 Å². The number of allylic oxidation sites excluding steroid dienone is 2. The summed E-state index contributed by atoms with van der Waals surface area (Å²) in [5.74, 6) is 0.358. The Morgan fingerprint density at radius 2 is 1.61 bits per heavy atom. The molecule has 0 saturated heterocycles. The molecule has 5 aromatic carbocycles. The Labute approximate surface area is 283 Å². The molecule has 49 heavy (non-hydrogen) atoms. The Kier molecular flexibility index (Phi) is 6.01. The molecule has 2 unspecified atom stereocenters. The lowest BCUT2D eigenvalue weighted by atomic mass is 9.82. The molecule has 1 aliphatic heterocycles. The number of benzene rings is 5. The standard InChI is InChI=1S/C45H34N3O/c1-4-37(46-22-13-18-29-28(3)47-23-12-11-19-38(47)31-15-6-5-14-30(29)31)34-25-35-36-26-42-43(33-17-8-10-21-41(33)49-42)44-32-16-7-9-20-39(32)48(45(36)44)40(35)24-27(34)2/h4-17,19-26,28-29H,1,18H2,2-3H3/q+1/b22-13+,46-37-. The Morgan fingerprint density at radius 1 is 0.816 bits per heavy atom. The third-order valence-electron chi connectivity index (χ3n) is 10.9. The lowest BCUT2D eigenvalue weighted by Crippen LogP contribution is -2.45. The highest BCUT2D eigenvalue weighted by Crippen LogP contribution is 2.46. The number of hydrogen-bond acceptors (Lipinski definition) is 2. The van der Waals surface area contributed by atoms with Crippen molar-refractivity contribution in [3.8, 4) is 11.3 Å². The Morgan fingerprint density at radius 3 is 2.51 bits per heavy atom. The maximum atomic E-state index is 6.49. The minimum Gasteiger partial charge on any atom is -0.456 e. The smallest absolute Gasteiger partial charge is 0.213 e. The largest absolute Gasteiger partial charge is 0.456 e. The fourth-order valence-electron chi connectivity index (χ4n) is 8.64. The summed E-state index contributed by atoms with van der Waals surface area (Å²) >= 11 is 0. The maximum Gasteiger partial charge on any atom is 0.213 e. The van der Waals surface area contributed by atoms with Gasteiger partial charge in [-0.15, -0.1) is 0 Å². The summed E-state index contributed by atoms with van der Waals surface area (Å²) in [6.45, 7) is 8.70. The van der Waals surface area contributed by atoms with E-state index in [-0.39, 0.29) is 0 Å².